The zero-order valence-corrected chi connectivity index (χ0v) is 18.4. The molecule has 2 heterocycles. The molecule has 6 nitrogen and oxygen atoms in total. The zero-order chi connectivity index (χ0) is 21.6. The lowest BCUT2D eigenvalue weighted by atomic mass is 9.93. The topological polar surface area (TPSA) is 70.2 Å². The molecule has 3 aromatic rings. The van der Waals surface area contributed by atoms with Crippen LogP contribution < -0.4 is 10.9 Å². The highest BCUT2D eigenvalue weighted by atomic mass is 16.5. The second-order valence-corrected chi connectivity index (χ2v) is 8.21. The Morgan fingerprint density at radius 1 is 1.16 bits per heavy atom. The molecule has 0 aliphatic carbocycles. The van der Waals surface area contributed by atoms with Gasteiger partial charge in [-0.2, -0.15) is 0 Å². The van der Waals surface area contributed by atoms with Gasteiger partial charge in [-0.25, -0.2) is 4.98 Å². The number of hydrogen-bond donors (Lipinski definition) is 2. The summed E-state index contributed by atoms with van der Waals surface area (Å²) in [4.78, 5) is 22.3. The lowest BCUT2D eigenvalue weighted by Crippen LogP contribution is -2.44. The van der Waals surface area contributed by atoms with Gasteiger partial charge in [0.05, 0.1) is 23.7 Å². The Balaban J connectivity index is 1.62. The van der Waals surface area contributed by atoms with Gasteiger partial charge in [-0.1, -0.05) is 43.3 Å². The highest BCUT2D eigenvalue weighted by Gasteiger charge is 2.27. The Bertz CT molecular complexity index is 1040. The number of ether oxygens (including phenoxy) is 1. The number of hydrogen-bond acceptors (Lipinski definition) is 5. The van der Waals surface area contributed by atoms with E-state index < -0.39 is 0 Å². The van der Waals surface area contributed by atoms with Crippen molar-refractivity contribution in [3.8, 4) is 0 Å². The van der Waals surface area contributed by atoms with Gasteiger partial charge in [0, 0.05) is 32.8 Å². The molecule has 1 fully saturated rings. The van der Waals surface area contributed by atoms with Crippen molar-refractivity contribution in [2.24, 2.45) is 0 Å². The fraction of sp³-hybridized carbons (Fsp3) is 0.440. The Labute approximate surface area is 183 Å². The summed E-state index contributed by atoms with van der Waals surface area (Å²) in [5.74, 6) is 0. The maximum absolute atomic E-state index is 12.1. The number of likely N-dealkylation sites (tertiary alicyclic amines) is 1. The number of rotatable bonds is 8. The average molecular weight is 421 g/mol. The second-order valence-electron chi connectivity index (χ2n) is 8.21. The van der Waals surface area contributed by atoms with Gasteiger partial charge in [0.1, 0.15) is 5.69 Å². The van der Waals surface area contributed by atoms with E-state index in [2.05, 4.69) is 62.6 Å². The highest BCUT2D eigenvalue weighted by Crippen LogP contribution is 2.32. The molecule has 0 spiro atoms. The molecule has 2 N–H and O–H groups in total. The average Bonchev–Trinajstić information content (AvgIpc) is 2.81. The summed E-state index contributed by atoms with van der Waals surface area (Å²) in [6.45, 7) is 5.67. The highest BCUT2D eigenvalue weighted by molar-refractivity contribution is 5.75. The monoisotopic (exact) mass is 420 g/mol. The van der Waals surface area contributed by atoms with E-state index in [1.165, 1.54) is 11.1 Å². The molecule has 164 valence electrons. The minimum Gasteiger partial charge on any atom is -0.383 e. The number of aryl methyl sites for hydroxylation is 1. The van der Waals surface area contributed by atoms with Crippen LogP contribution in [0.3, 0.4) is 0 Å². The molecule has 1 saturated heterocycles. The molecule has 2 aromatic carbocycles. The lowest BCUT2D eigenvalue weighted by Gasteiger charge is -2.38. The van der Waals surface area contributed by atoms with Gasteiger partial charge in [0.15, 0.2) is 0 Å². The molecule has 31 heavy (non-hydrogen) atoms. The van der Waals surface area contributed by atoms with Crippen LogP contribution >= 0.6 is 0 Å². The standard InChI is InChI=1S/C25H32N4O2/c1-3-21-25(30)28-22-10-9-19(17-23(22)27-21)24(18-7-5-4-6-8-18)29-14-11-20(12-15-29)26-13-16-31-2/h4-10,17,20,24,26H,3,11-16H2,1-2H3,(H,28,30). The molecular formula is C25H32N4O2. The molecule has 1 atom stereocenters. The molecule has 0 bridgehead atoms. The van der Waals surface area contributed by atoms with Gasteiger partial charge in [-0.15, -0.1) is 0 Å². The third-order valence-electron chi connectivity index (χ3n) is 6.19. The Morgan fingerprint density at radius 2 is 1.94 bits per heavy atom. The van der Waals surface area contributed by atoms with Crippen LogP contribution in [0.1, 0.15) is 42.6 Å². The van der Waals surface area contributed by atoms with Crippen molar-refractivity contribution in [2.45, 2.75) is 38.3 Å². The molecule has 0 radical (unpaired) electrons. The first kappa shape index (κ1) is 21.7. The maximum Gasteiger partial charge on any atom is 0.270 e. The van der Waals surface area contributed by atoms with Gasteiger partial charge in [-0.3, -0.25) is 9.69 Å². The first-order valence-electron chi connectivity index (χ1n) is 11.2. The van der Waals surface area contributed by atoms with E-state index in [1.807, 2.05) is 13.0 Å². The van der Waals surface area contributed by atoms with Crippen LogP contribution in [0.4, 0.5) is 0 Å². The summed E-state index contributed by atoms with van der Waals surface area (Å²) in [6, 6.07) is 17.7. The maximum atomic E-state index is 12.1. The van der Waals surface area contributed by atoms with Crippen LogP contribution in [-0.2, 0) is 11.2 Å². The van der Waals surface area contributed by atoms with Crippen molar-refractivity contribution in [3.63, 3.8) is 0 Å². The minimum absolute atomic E-state index is 0.0922. The van der Waals surface area contributed by atoms with E-state index in [-0.39, 0.29) is 11.6 Å². The molecule has 4 rings (SSSR count). The fourth-order valence-electron chi connectivity index (χ4n) is 4.52. The smallest absolute Gasteiger partial charge is 0.270 e. The number of aromatic nitrogens is 2. The van der Waals surface area contributed by atoms with E-state index in [1.54, 1.807) is 7.11 Å². The first-order chi connectivity index (χ1) is 15.2. The van der Waals surface area contributed by atoms with Gasteiger partial charge in [-0.05, 0) is 42.5 Å². The van der Waals surface area contributed by atoms with Gasteiger partial charge >= 0.3 is 0 Å². The number of H-pyrrole nitrogens is 1. The van der Waals surface area contributed by atoms with E-state index in [9.17, 15) is 4.79 Å². The third kappa shape index (κ3) is 5.03. The molecule has 6 heteroatoms. The van der Waals surface area contributed by atoms with Gasteiger partial charge < -0.3 is 15.0 Å². The van der Waals surface area contributed by atoms with Crippen LogP contribution in [0.25, 0.3) is 11.0 Å². The van der Waals surface area contributed by atoms with Gasteiger partial charge in [0.25, 0.3) is 5.56 Å². The van der Waals surface area contributed by atoms with Gasteiger partial charge in [0.2, 0.25) is 0 Å². The van der Waals surface area contributed by atoms with E-state index >= 15 is 0 Å². The predicted molar refractivity (Wildman–Crippen MR) is 125 cm³/mol. The molecule has 1 aliphatic rings. The quantitative estimate of drug-likeness (QED) is 0.548. The number of fused-ring (bicyclic) bond motifs is 1. The fourth-order valence-corrected chi connectivity index (χ4v) is 4.52. The van der Waals surface area contributed by atoms with Crippen molar-refractivity contribution in [2.75, 3.05) is 33.4 Å². The number of aromatic amines is 1. The number of methoxy groups -OCH3 is 1. The van der Waals surface area contributed by atoms with Crippen LogP contribution in [0.2, 0.25) is 0 Å². The summed E-state index contributed by atoms with van der Waals surface area (Å²) >= 11 is 0. The summed E-state index contributed by atoms with van der Waals surface area (Å²) in [5.41, 5.74) is 4.64. The molecule has 1 aliphatic heterocycles. The number of piperidine rings is 1. The van der Waals surface area contributed by atoms with E-state index in [0.29, 0.717) is 18.2 Å². The summed E-state index contributed by atoms with van der Waals surface area (Å²) in [7, 11) is 1.74. The van der Waals surface area contributed by atoms with Crippen molar-refractivity contribution in [3.05, 3.63) is 75.7 Å². The summed E-state index contributed by atoms with van der Waals surface area (Å²) < 4.78 is 5.17. The predicted octanol–water partition coefficient (Wildman–Crippen LogP) is 3.28. The van der Waals surface area contributed by atoms with Crippen LogP contribution in [0, 0.1) is 0 Å². The van der Waals surface area contributed by atoms with Crippen LogP contribution in [0.5, 0.6) is 0 Å². The number of benzene rings is 2. The SMILES string of the molecule is CCc1nc2cc(C(c3ccccc3)N3CCC(NCCOC)CC3)ccc2[nH]c1=O. The molecule has 1 aromatic heterocycles. The Morgan fingerprint density at radius 3 is 2.65 bits per heavy atom. The zero-order valence-electron chi connectivity index (χ0n) is 18.4. The van der Waals surface area contributed by atoms with Crippen LogP contribution in [-0.4, -0.2) is 54.3 Å². The summed E-state index contributed by atoms with van der Waals surface area (Å²) in [5, 5.41) is 3.61. The third-order valence-corrected chi connectivity index (χ3v) is 6.19. The molecule has 0 saturated carbocycles. The Hall–Kier alpha value is -2.54. The normalized spacial score (nSPS) is 16.6. The lowest BCUT2D eigenvalue weighted by molar-refractivity contribution is 0.152. The largest absolute Gasteiger partial charge is 0.383 e. The van der Waals surface area contributed by atoms with Crippen molar-refractivity contribution >= 4 is 11.0 Å². The minimum atomic E-state index is -0.0922. The van der Waals surface area contributed by atoms with Crippen molar-refractivity contribution in [1.82, 2.24) is 20.2 Å². The Kier molecular flexibility index (Phi) is 7.12. The van der Waals surface area contributed by atoms with E-state index in [4.69, 9.17) is 4.74 Å². The molecule has 1 unspecified atom stereocenters. The van der Waals surface area contributed by atoms with Crippen molar-refractivity contribution in [1.29, 1.82) is 0 Å². The summed E-state index contributed by atoms with van der Waals surface area (Å²) in [6.07, 6.45) is 2.86. The van der Waals surface area contributed by atoms with Crippen LogP contribution in [0.15, 0.2) is 53.3 Å². The molecule has 0 amide bonds. The first-order valence-corrected chi connectivity index (χ1v) is 11.2. The number of nitrogens with zero attached hydrogens (tertiary/aromatic N) is 2. The van der Waals surface area contributed by atoms with Crippen molar-refractivity contribution < 1.29 is 4.74 Å². The van der Waals surface area contributed by atoms with E-state index in [0.717, 1.165) is 50.1 Å². The second kappa shape index (κ2) is 10.2. The molecular weight excluding hydrogens is 388 g/mol. The number of nitrogens with one attached hydrogen (secondary N) is 2.